The minimum absolute atomic E-state index is 0.00244. The predicted molar refractivity (Wildman–Crippen MR) is 83.7 cm³/mol. The molecule has 1 aromatic heterocycles. The van der Waals surface area contributed by atoms with Gasteiger partial charge in [-0.3, -0.25) is 4.79 Å². The van der Waals surface area contributed by atoms with Crippen molar-refractivity contribution in [2.24, 2.45) is 0 Å². The van der Waals surface area contributed by atoms with E-state index in [4.69, 9.17) is 5.73 Å². The van der Waals surface area contributed by atoms with Crippen LogP contribution in [0.3, 0.4) is 0 Å². The van der Waals surface area contributed by atoms with Gasteiger partial charge in [0.05, 0.1) is 12.2 Å². The second-order valence-corrected chi connectivity index (χ2v) is 5.86. The van der Waals surface area contributed by atoms with Crippen LogP contribution in [0.1, 0.15) is 40.5 Å². The number of carbonyl (C=O) groups excluding carboxylic acids is 1. The van der Waals surface area contributed by atoms with E-state index in [9.17, 15) is 4.79 Å². The molecule has 0 bridgehead atoms. The van der Waals surface area contributed by atoms with Crippen LogP contribution >= 0.6 is 15.9 Å². The minimum atomic E-state index is -0.289. The summed E-state index contributed by atoms with van der Waals surface area (Å²) in [5.74, 6) is -0.150. The lowest BCUT2D eigenvalue weighted by atomic mass is 9.87. The number of fused-ring (bicyclic) bond motifs is 1. The molecule has 0 fully saturated rings. The first-order chi connectivity index (χ1) is 10.1. The molecular weight excluding hydrogens is 332 g/mol. The molecule has 0 unspecified atom stereocenters. The zero-order valence-electron chi connectivity index (χ0n) is 11.3. The van der Waals surface area contributed by atoms with Crippen molar-refractivity contribution >= 4 is 27.7 Å². The summed E-state index contributed by atoms with van der Waals surface area (Å²) in [7, 11) is 0. The number of anilines is 1. The van der Waals surface area contributed by atoms with Crippen molar-refractivity contribution in [2.45, 2.75) is 25.3 Å². The maximum Gasteiger partial charge on any atom is 0.274 e. The molecule has 0 spiro atoms. The Balaban J connectivity index is 1.84. The maximum atomic E-state index is 12.4. The van der Waals surface area contributed by atoms with Gasteiger partial charge in [-0.2, -0.15) is 0 Å². The smallest absolute Gasteiger partial charge is 0.274 e. The lowest BCUT2D eigenvalue weighted by molar-refractivity contribution is 0.0928. The number of aromatic nitrogens is 2. The van der Waals surface area contributed by atoms with Crippen molar-refractivity contribution in [3.05, 3.63) is 51.9 Å². The second-order valence-electron chi connectivity index (χ2n) is 5.04. The molecule has 1 amide bonds. The summed E-state index contributed by atoms with van der Waals surface area (Å²) in [5, 5.41) is 3.02. The van der Waals surface area contributed by atoms with Gasteiger partial charge in [-0.15, -0.1) is 0 Å². The second kappa shape index (κ2) is 5.81. The predicted octanol–water partition coefficient (Wildman–Crippen LogP) is 2.63. The van der Waals surface area contributed by atoms with Crippen molar-refractivity contribution in [3.63, 3.8) is 0 Å². The van der Waals surface area contributed by atoms with Crippen LogP contribution < -0.4 is 11.1 Å². The highest BCUT2D eigenvalue weighted by molar-refractivity contribution is 9.10. The summed E-state index contributed by atoms with van der Waals surface area (Å²) in [6.45, 7) is 0. The van der Waals surface area contributed by atoms with Crippen molar-refractivity contribution in [1.82, 2.24) is 15.3 Å². The van der Waals surface area contributed by atoms with E-state index >= 15 is 0 Å². The van der Waals surface area contributed by atoms with Crippen molar-refractivity contribution < 1.29 is 4.79 Å². The Morgan fingerprint density at radius 2 is 2.19 bits per heavy atom. The Kier molecular flexibility index (Phi) is 3.88. The van der Waals surface area contributed by atoms with Crippen LogP contribution in [0.2, 0.25) is 0 Å². The molecule has 0 aliphatic heterocycles. The first-order valence-electron chi connectivity index (χ1n) is 6.82. The molecule has 2 aromatic rings. The zero-order chi connectivity index (χ0) is 14.8. The lowest BCUT2D eigenvalue weighted by Gasteiger charge is -2.26. The average Bonchev–Trinajstić information content (AvgIpc) is 2.50. The largest absolute Gasteiger partial charge is 0.382 e. The highest BCUT2D eigenvalue weighted by Crippen LogP contribution is 2.29. The fraction of sp³-hybridized carbons (Fsp3) is 0.267. The summed E-state index contributed by atoms with van der Waals surface area (Å²) in [4.78, 5) is 20.4. The zero-order valence-corrected chi connectivity index (χ0v) is 12.9. The number of hydrogen-bond acceptors (Lipinski definition) is 4. The third-order valence-corrected chi connectivity index (χ3v) is 4.04. The van der Waals surface area contributed by atoms with E-state index in [1.807, 2.05) is 12.1 Å². The van der Waals surface area contributed by atoms with Crippen LogP contribution in [-0.2, 0) is 6.42 Å². The third-order valence-electron chi connectivity index (χ3n) is 3.66. The van der Waals surface area contributed by atoms with Gasteiger partial charge >= 0.3 is 0 Å². The minimum Gasteiger partial charge on any atom is -0.382 e. The fourth-order valence-electron chi connectivity index (χ4n) is 2.67. The van der Waals surface area contributed by atoms with Gasteiger partial charge < -0.3 is 11.1 Å². The highest BCUT2D eigenvalue weighted by Gasteiger charge is 2.23. The van der Waals surface area contributed by atoms with Gasteiger partial charge in [-0.1, -0.05) is 24.3 Å². The van der Waals surface area contributed by atoms with Crippen molar-refractivity contribution in [3.8, 4) is 0 Å². The van der Waals surface area contributed by atoms with Crippen molar-refractivity contribution in [1.29, 1.82) is 0 Å². The normalized spacial score (nSPS) is 17.1. The van der Waals surface area contributed by atoms with Crippen LogP contribution in [0, 0.1) is 0 Å². The number of amides is 1. The SMILES string of the molecule is Nc1ncc(Br)nc1C(=O)N[C@H]1CCCc2ccccc21. The Morgan fingerprint density at radius 3 is 3.05 bits per heavy atom. The lowest BCUT2D eigenvalue weighted by Crippen LogP contribution is -2.32. The molecule has 1 atom stereocenters. The molecule has 1 aromatic carbocycles. The van der Waals surface area contributed by atoms with Crippen LogP contribution in [0.25, 0.3) is 0 Å². The summed E-state index contributed by atoms with van der Waals surface area (Å²) in [6, 6.07) is 8.20. The quantitative estimate of drug-likeness (QED) is 0.875. The van der Waals surface area contributed by atoms with Gasteiger partial charge in [0.2, 0.25) is 0 Å². The summed E-state index contributed by atoms with van der Waals surface area (Å²) in [5.41, 5.74) is 8.37. The van der Waals surface area contributed by atoms with Crippen LogP contribution in [-0.4, -0.2) is 15.9 Å². The number of aryl methyl sites for hydroxylation is 1. The van der Waals surface area contributed by atoms with Crippen LogP contribution in [0.4, 0.5) is 5.82 Å². The number of nitrogens with one attached hydrogen (secondary N) is 1. The molecule has 108 valence electrons. The number of hydrogen-bond donors (Lipinski definition) is 2. The maximum absolute atomic E-state index is 12.4. The van der Waals surface area contributed by atoms with Gasteiger partial charge in [-0.25, -0.2) is 9.97 Å². The average molecular weight is 347 g/mol. The molecule has 0 saturated heterocycles. The van der Waals surface area contributed by atoms with E-state index in [1.165, 1.54) is 17.3 Å². The van der Waals surface area contributed by atoms with Gasteiger partial charge in [0.25, 0.3) is 5.91 Å². The fourth-order valence-corrected chi connectivity index (χ4v) is 2.95. The van der Waals surface area contributed by atoms with Gasteiger partial charge in [0.1, 0.15) is 4.60 Å². The van der Waals surface area contributed by atoms with E-state index in [1.54, 1.807) is 0 Å². The standard InChI is InChI=1S/C15H15BrN4O/c16-12-8-18-14(17)13(20-12)15(21)19-11-7-3-5-9-4-1-2-6-10(9)11/h1-2,4,6,8,11H,3,5,7H2,(H2,17,18)(H,19,21)/t11-/m0/s1. The molecule has 21 heavy (non-hydrogen) atoms. The molecule has 1 heterocycles. The van der Waals surface area contributed by atoms with E-state index in [0.29, 0.717) is 4.60 Å². The number of nitrogens with two attached hydrogens (primary N) is 1. The first-order valence-corrected chi connectivity index (χ1v) is 7.61. The Bertz CT molecular complexity index is 689. The van der Waals surface area contributed by atoms with Gasteiger partial charge in [0, 0.05) is 0 Å². The molecule has 3 rings (SSSR count). The van der Waals surface area contributed by atoms with Gasteiger partial charge in [-0.05, 0) is 46.3 Å². The number of nitrogens with zero attached hydrogens (tertiary/aromatic N) is 2. The topological polar surface area (TPSA) is 80.9 Å². The van der Waals surface area contributed by atoms with E-state index in [-0.39, 0.29) is 23.5 Å². The summed E-state index contributed by atoms with van der Waals surface area (Å²) >= 11 is 3.21. The number of rotatable bonds is 2. The van der Waals surface area contributed by atoms with Crippen LogP contribution in [0.15, 0.2) is 35.1 Å². The first kappa shape index (κ1) is 14.0. The molecule has 5 nitrogen and oxygen atoms in total. The molecule has 3 N–H and O–H groups in total. The number of benzene rings is 1. The summed E-state index contributed by atoms with van der Waals surface area (Å²) < 4.78 is 0.492. The molecular formula is C15H15BrN4O. The Labute approximate surface area is 131 Å². The highest BCUT2D eigenvalue weighted by atomic mass is 79.9. The van der Waals surface area contributed by atoms with E-state index < -0.39 is 0 Å². The molecule has 6 heteroatoms. The van der Waals surface area contributed by atoms with Gasteiger partial charge in [0.15, 0.2) is 11.5 Å². The molecule has 0 saturated carbocycles. The molecule has 1 aliphatic carbocycles. The van der Waals surface area contributed by atoms with E-state index in [2.05, 4.69) is 43.3 Å². The number of halogens is 1. The summed E-state index contributed by atoms with van der Waals surface area (Å²) in [6.07, 6.45) is 4.51. The van der Waals surface area contributed by atoms with E-state index in [0.717, 1.165) is 19.3 Å². The van der Waals surface area contributed by atoms with Crippen LogP contribution in [0.5, 0.6) is 0 Å². The number of nitrogen functional groups attached to an aromatic ring is 1. The molecule has 1 aliphatic rings. The third kappa shape index (κ3) is 2.90. The Morgan fingerprint density at radius 1 is 1.38 bits per heavy atom. The molecule has 0 radical (unpaired) electrons. The monoisotopic (exact) mass is 346 g/mol. The van der Waals surface area contributed by atoms with Crippen molar-refractivity contribution in [2.75, 3.05) is 5.73 Å². The number of carbonyl (C=O) groups is 1. The Hall–Kier alpha value is -1.95.